The van der Waals surface area contributed by atoms with Crippen molar-refractivity contribution in [3.05, 3.63) is 5.21 Å². The molecule has 0 aromatic rings. The van der Waals surface area contributed by atoms with Crippen molar-refractivity contribution in [2.45, 2.75) is 81.9 Å². The minimum absolute atomic E-state index is 0.0303. The van der Waals surface area contributed by atoms with Crippen LogP contribution in [0.4, 0.5) is 9.59 Å². The van der Waals surface area contributed by atoms with Crippen LogP contribution >= 0.6 is 19.4 Å². The van der Waals surface area contributed by atoms with Crippen LogP contribution in [0.1, 0.15) is 59.3 Å². The zero-order valence-electron chi connectivity index (χ0n) is 22.9. The van der Waals surface area contributed by atoms with E-state index in [-0.39, 0.29) is 50.3 Å². The fourth-order valence-electron chi connectivity index (χ4n) is 5.12. The molecule has 0 bridgehead atoms. The molecule has 4 N–H and O–H groups in total. The molecule has 3 rings (SSSR count). The second-order valence-corrected chi connectivity index (χ2v) is 13.7. The van der Waals surface area contributed by atoms with Crippen molar-refractivity contribution in [3.63, 3.8) is 0 Å². The summed E-state index contributed by atoms with van der Waals surface area (Å²) in [7, 11) is -3.80. The third-order valence-electron chi connectivity index (χ3n) is 7.37. The number of rotatable bonds is 16. The van der Waals surface area contributed by atoms with Gasteiger partial charge in [0.1, 0.15) is 6.61 Å². The van der Waals surface area contributed by atoms with Crippen molar-refractivity contribution in [1.29, 1.82) is 0 Å². The van der Waals surface area contributed by atoms with Crippen molar-refractivity contribution >= 4 is 43.6 Å². The number of fused-ring (bicyclic) bond motifs is 1. The zero-order valence-corrected chi connectivity index (χ0v) is 24.7. The summed E-state index contributed by atoms with van der Waals surface area (Å²) in [6, 6.07) is 0.311. The number of thioether (sulfide) groups is 1. The average molecular weight is 592 g/mol. The number of hydrogen-bond acceptors (Lipinski definition) is 9. The summed E-state index contributed by atoms with van der Waals surface area (Å²) < 4.78 is 30.1. The third-order valence-corrected chi connectivity index (χ3v) is 11.7. The van der Waals surface area contributed by atoms with Gasteiger partial charge in [-0.2, -0.15) is 16.5 Å². The van der Waals surface area contributed by atoms with Crippen molar-refractivity contribution < 1.29 is 37.5 Å². The molecular weight excluding hydrogens is 549 g/mol. The van der Waals surface area contributed by atoms with Gasteiger partial charge in [0.25, 0.3) is 5.28 Å². The van der Waals surface area contributed by atoms with Crippen LogP contribution in [0.2, 0.25) is 0 Å². The highest BCUT2D eigenvalue weighted by Crippen LogP contribution is 2.64. The predicted molar refractivity (Wildman–Crippen MR) is 148 cm³/mol. The molecule has 0 aromatic heterocycles. The van der Waals surface area contributed by atoms with Crippen LogP contribution in [-0.4, -0.2) is 90.3 Å². The van der Waals surface area contributed by atoms with Gasteiger partial charge < -0.3 is 40.3 Å². The topological polar surface area (TPSA) is 170 Å². The molecule has 4 amide bonds. The number of amides is 4. The molecule has 3 aliphatic rings. The van der Waals surface area contributed by atoms with E-state index in [4.69, 9.17) is 13.8 Å². The van der Waals surface area contributed by atoms with Gasteiger partial charge in [-0.3, -0.25) is 9.36 Å². The molecule has 0 aromatic carbocycles. The van der Waals surface area contributed by atoms with E-state index in [2.05, 4.69) is 21.3 Å². The van der Waals surface area contributed by atoms with E-state index in [0.717, 1.165) is 25.0 Å². The molecular formula is C24H42N5O8PS. The number of nitrogens with one attached hydrogen (secondary N) is 4. The van der Waals surface area contributed by atoms with Gasteiger partial charge in [0.2, 0.25) is 5.91 Å². The summed E-state index contributed by atoms with van der Waals surface area (Å²) in [5.74, 6) is 0.334. The van der Waals surface area contributed by atoms with Crippen LogP contribution in [0.3, 0.4) is 0 Å². The fourth-order valence-corrected chi connectivity index (χ4v) is 8.89. The van der Waals surface area contributed by atoms with Gasteiger partial charge in [-0.05, 0) is 33.1 Å². The Morgan fingerprint density at radius 1 is 1.18 bits per heavy atom. The van der Waals surface area contributed by atoms with Crippen LogP contribution in [-0.2, 0) is 23.1 Å². The van der Waals surface area contributed by atoms with Crippen LogP contribution in [0.25, 0.3) is 0 Å². The van der Waals surface area contributed by atoms with Gasteiger partial charge in [-0.25, -0.2) is 9.59 Å². The van der Waals surface area contributed by atoms with Crippen LogP contribution in [0.15, 0.2) is 0 Å². The standard InChI is InChI=1S/C24H42N5O8PS/c1-4-36-38(34,37-5-2)24(3)17(11-14-29(24)33)15-35-23(32)26-13-8-12-25-20(30)10-7-6-9-19-21-18(16-39-19)27-22(31)28-21/h14,17-19,21H,4-13,15-16H2,1-3H3,(H,25,30)(H,26,32)(H2,27,28,31)/t17-,18+,19-,21+,24-/m0/s1. The van der Waals surface area contributed by atoms with Crippen molar-refractivity contribution in [2.24, 2.45) is 5.92 Å². The van der Waals surface area contributed by atoms with Crippen LogP contribution in [0, 0.1) is 11.1 Å². The molecule has 39 heavy (non-hydrogen) atoms. The Labute approximate surface area is 234 Å². The van der Waals surface area contributed by atoms with E-state index in [9.17, 15) is 24.2 Å². The number of carbonyl (C=O) groups excluding carboxylic acids is 3. The van der Waals surface area contributed by atoms with Crippen molar-refractivity contribution in [1.82, 2.24) is 21.3 Å². The molecule has 3 heterocycles. The first kappa shape index (κ1) is 31.5. The largest absolute Gasteiger partial charge is 0.623 e. The second-order valence-electron chi connectivity index (χ2n) is 9.96. The summed E-state index contributed by atoms with van der Waals surface area (Å²) in [5.41, 5.74) is 0. The quantitative estimate of drug-likeness (QED) is 0.0692. The first-order chi connectivity index (χ1) is 18.6. The number of urea groups is 1. The summed E-state index contributed by atoms with van der Waals surface area (Å²) in [6.07, 6.45) is 4.62. The maximum atomic E-state index is 13.4. The SMILES string of the molecule is CCOP(=O)(OCC)[C@@]1(C)[C@H](COC(=O)NCCCNC(=O)CCCC[C@@H]2SC[C@H]3NC(=O)N[C@@H]23)CC=[N+]1[O-]. The molecule has 15 heteroatoms. The first-order valence-corrected chi connectivity index (χ1v) is 16.3. The lowest BCUT2D eigenvalue weighted by molar-refractivity contribution is -0.515. The van der Waals surface area contributed by atoms with Crippen molar-refractivity contribution in [2.75, 3.05) is 38.7 Å². The highest BCUT2D eigenvalue weighted by atomic mass is 32.2. The van der Waals surface area contributed by atoms with Gasteiger partial charge in [0.15, 0.2) is 6.21 Å². The summed E-state index contributed by atoms with van der Waals surface area (Å²) in [4.78, 5) is 35.7. The number of hydrogen-bond donors (Lipinski definition) is 4. The summed E-state index contributed by atoms with van der Waals surface area (Å²) in [5, 5.41) is 22.9. The highest BCUT2D eigenvalue weighted by molar-refractivity contribution is 8.00. The molecule has 222 valence electrons. The molecule has 3 aliphatic heterocycles. The number of carbonyl (C=O) groups is 3. The Kier molecular flexibility index (Phi) is 11.8. The van der Waals surface area contributed by atoms with Crippen LogP contribution in [0.5, 0.6) is 0 Å². The van der Waals surface area contributed by atoms with E-state index < -0.39 is 24.9 Å². The average Bonchev–Trinajstić information content (AvgIpc) is 3.54. The van der Waals surface area contributed by atoms with E-state index in [0.29, 0.717) is 35.9 Å². The number of ether oxygens (including phenoxy) is 1. The number of nitrogens with zero attached hydrogens (tertiary/aromatic N) is 1. The van der Waals surface area contributed by atoms with E-state index in [1.54, 1.807) is 13.8 Å². The first-order valence-electron chi connectivity index (χ1n) is 13.7. The molecule has 0 saturated carbocycles. The lowest BCUT2D eigenvalue weighted by Gasteiger charge is -2.34. The zero-order chi connectivity index (χ0) is 28.5. The summed E-state index contributed by atoms with van der Waals surface area (Å²) in [6.45, 7) is 5.69. The molecule has 0 unspecified atom stereocenters. The Morgan fingerprint density at radius 3 is 2.62 bits per heavy atom. The Balaban J connectivity index is 1.26. The van der Waals surface area contributed by atoms with E-state index in [1.165, 1.54) is 13.1 Å². The Morgan fingerprint density at radius 2 is 1.90 bits per heavy atom. The van der Waals surface area contributed by atoms with Crippen LogP contribution < -0.4 is 21.3 Å². The minimum atomic E-state index is -3.80. The van der Waals surface area contributed by atoms with Gasteiger partial charge in [-0.15, -0.1) is 0 Å². The van der Waals surface area contributed by atoms with Gasteiger partial charge >= 0.3 is 19.7 Å². The Bertz CT molecular complexity index is 945. The number of alkyl carbamates (subject to hydrolysis) is 1. The lowest BCUT2D eigenvalue weighted by atomic mass is 10.0. The molecule has 0 radical (unpaired) electrons. The number of unbranched alkanes of at least 4 members (excludes halogenated alkanes) is 1. The smallest absolute Gasteiger partial charge is 0.407 e. The minimum Gasteiger partial charge on any atom is -0.623 e. The maximum Gasteiger partial charge on any atom is 0.407 e. The predicted octanol–water partition coefficient (Wildman–Crippen LogP) is 2.53. The van der Waals surface area contributed by atoms with E-state index in [1.807, 2.05) is 11.8 Å². The monoisotopic (exact) mass is 591 g/mol. The molecule has 0 aliphatic carbocycles. The van der Waals surface area contributed by atoms with Gasteiger partial charge in [0.05, 0.1) is 31.2 Å². The molecule has 2 saturated heterocycles. The number of hydroxylamine groups is 1. The summed E-state index contributed by atoms with van der Waals surface area (Å²) >= 11 is 1.87. The molecule has 5 atom stereocenters. The third kappa shape index (κ3) is 7.80. The molecule has 13 nitrogen and oxygen atoms in total. The maximum absolute atomic E-state index is 13.4. The fraction of sp³-hybridized carbons (Fsp3) is 0.833. The van der Waals surface area contributed by atoms with Gasteiger partial charge in [-0.1, -0.05) is 6.42 Å². The lowest BCUT2D eigenvalue weighted by Crippen LogP contribution is -2.43. The Hall–Kier alpha value is -2.02. The molecule has 2 fully saturated rings. The van der Waals surface area contributed by atoms with Gasteiger partial charge in [0, 0.05) is 43.9 Å². The van der Waals surface area contributed by atoms with Crippen molar-refractivity contribution in [3.8, 4) is 0 Å². The molecule has 0 spiro atoms. The highest BCUT2D eigenvalue weighted by Gasteiger charge is 2.63. The van der Waals surface area contributed by atoms with E-state index >= 15 is 0 Å². The normalized spacial score (nSPS) is 27.9. The second kappa shape index (κ2) is 14.6.